The van der Waals surface area contributed by atoms with Gasteiger partial charge in [-0.3, -0.25) is 0 Å². The summed E-state index contributed by atoms with van der Waals surface area (Å²) in [5.41, 5.74) is 9.65. The number of nitrogen functional groups attached to an aromatic ring is 1. The van der Waals surface area contributed by atoms with Crippen molar-refractivity contribution in [2.75, 3.05) is 5.73 Å². The Morgan fingerprint density at radius 2 is 1.86 bits per heavy atom. The molecule has 0 heterocycles. The summed E-state index contributed by atoms with van der Waals surface area (Å²) < 4.78 is 0. The first kappa shape index (κ1) is 9.57. The molecule has 1 aromatic carbocycles. The molecule has 2 N–H and O–H groups in total. The Bertz CT molecular complexity index is 311. The van der Waals surface area contributed by atoms with E-state index < -0.39 is 0 Å². The molecule has 0 aliphatic heterocycles. The van der Waals surface area contributed by atoms with Gasteiger partial charge in [-0.05, 0) is 48.9 Å². The van der Waals surface area contributed by atoms with E-state index in [0.29, 0.717) is 0 Å². The molecule has 1 heteroatoms. The van der Waals surface area contributed by atoms with Crippen molar-refractivity contribution in [3.05, 3.63) is 29.3 Å². The maximum Gasteiger partial charge on any atom is 0.0317 e. The van der Waals surface area contributed by atoms with E-state index in [1.165, 1.54) is 43.2 Å². The molecule has 0 atom stereocenters. The first-order chi connectivity index (χ1) is 6.77. The summed E-state index contributed by atoms with van der Waals surface area (Å²) in [4.78, 5) is 0. The molecule has 1 fully saturated rings. The SMILES string of the molecule is Cc1ccc(N)cc1C1CCCCC1. The van der Waals surface area contributed by atoms with Gasteiger partial charge in [-0.25, -0.2) is 0 Å². The maximum absolute atomic E-state index is 5.83. The van der Waals surface area contributed by atoms with Crippen LogP contribution in [-0.4, -0.2) is 0 Å². The van der Waals surface area contributed by atoms with Crippen molar-refractivity contribution in [2.45, 2.75) is 44.9 Å². The topological polar surface area (TPSA) is 26.0 Å². The molecule has 0 unspecified atom stereocenters. The Balaban J connectivity index is 2.24. The minimum absolute atomic E-state index is 0.771. The zero-order valence-corrected chi connectivity index (χ0v) is 8.92. The van der Waals surface area contributed by atoms with Gasteiger partial charge in [0.2, 0.25) is 0 Å². The molecule has 1 nitrogen and oxygen atoms in total. The Hall–Kier alpha value is -0.980. The molecular weight excluding hydrogens is 170 g/mol. The zero-order chi connectivity index (χ0) is 9.97. The molecule has 0 saturated heterocycles. The van der Waals surface area contributed by atoms with Crippen LogP contribution in [0.2, 0.25) is 0 Å². The number of rotatable bonds is 1. The summed E-state index contributed by atoms with van der Waals surface area (Å²) in [6, 6.07) is 6.33. The van der Waals surface area contributed by atoms with E-state index in [2.05, 4.69) is 19.1 Å². The van der Waals surface area contributed by atoms with Crippen LogP contribution in [0.5, 0.6) is 0 Å². The number of anilines is 1. The first-order valence-electron chi connectivity index (χ1n) is 5.63. The smallest absolute Gasteiger partial charge is 0.0317 e. The fourth-order valence-corrected chi connectivity index (χ4v) is 2.51. The highest BCUT2D eigenvalue weighted by atomic mass is 14.5. The van der Waals surface area contributed by atoms with E-state index in [1.54, 1.807) is 0 Å². The van der Waals surface area contributed by atoms with Crippen LogP contribution >= 0.6 is 0 Å². The van der Waals surface area contributed by atoms with Gasteiger partial charge in [-0.1, -0.05) is 25.3 Å². The second-order valence-corrected chi connectivity index (χ2v) is 4.45. The van der Waals surface area contributed by atoms with E-state index in [-0.39, 0.29) is 0 Å². The Morgan fingerprint density at radius 3 is 2.57 bits per heavy atom. The van der Waals surface area contributed by atoms with Gasteiger partial charge < -0.3 is 5.73 Å². The molecule has 1 aliphatic rings. The number of hydrogen-bond acceptors (Lipinski definition) is 1. The van der Waals surface area contributed by atoms with Crippen molar-refractivity contribution in [3.8, 4) is 0 Å². The van der Waals surface area contributed by atoms with Gasteiger partial charge in [0.05, 0.1) is 0 Å². The van der Waals surface area contributed by atoms with Crippen molar-refractivity contribution >= 4 is 5.69 Å². The van der Waals surface area contributed by atoms with Gasteiger partial charge in [0.1, 0.15) is 0 Å². The van der Waals surface area contributed by atoms with Gasteiger partial charge in [0.25, 0.3) is 0 Å². The van der Waals surface area contributed by atoms with Crippen LogP contribution in [0.3, 0.4) is 0 Å². The minimum atomic E-state index is 0.771. The van der Waals surface area contributed by atoms with Crippen molar-refractivity contribution in [2.24, 2.45) is 0 Å². The summed E-state index contributed by atoms with van der Waals surface area (Å²) in [7, 11) is 0. The maximum atomic E-state index is 5.83. The van der Waals surface area contributed by atoms with Gasteiger partial charge in [0, 0.05) is 5.69 Å². The molecular formula is C13H19N. The second kappa shape index (κ2) is 4.04. The largest absolute Gasteiger partial charge is 0.399 e. The molecule has 0 spiro atoms. The minimum Gasteiger partial charge on any atom is -0.399 e. The molecule has 14 heavy (non-hydrogen) atoms. The third-order valence-electron chi connectivity index (χ3n) is 3.35. The highest BCUT2D eigenvalue weighted by molar-refractivity contribution is 5.45. The lowest BCUT2D eigenvalue weighted by atomic mass is 9.82. The number of nitrogens with two attached hydrogens (primary N) is 1. The lowest BCUT2D eigenvalue weighted by Crippen LogP contribution is -2.06. The summed E-state index contributed by atoms with van der Waals surface area (Å²) in [6.07, 6.45) is 6.89. The molecule has 2 rings (SSSR count). The van der Waals surface area contributed by atoms with E-state index in [0.717, 1.165) is 11.6 Å². The number of benzene rings is 1. The molecule has 0 radical (unpaired) electrons. The summed E-state index contributed by atoms with van der Waals surface area (Å²) in [6.45, 7) is 2.20. The summed E-state index contributed by atoms with van der Waals surface area (Å²) in [5.74, 6) is 0.771. The van der Waals surface area contributed by atoms with Crippen molar-refractivity contribution < 1.29 is 0 Å². The fraction of sp³-hybridized carbons (Fsp3) is 0.538. The third kappa shape index (κ3) is 1.92. The predicted octanol–water partition coefficient (Wildman–Crippen LogP) is 3.62. The Morgan fingerprint density at radius 1 is 1.14 bits per heavy atom. The van der Waals surface area contributed by atoms with Crippen LogP contribution in [-0.2, 0) is 0 Å². The summed E-state index contributed by atoms with van der Waals surface area (Å²) >= 11 is 0. The molecule has 0 bridgehead atoms. The summed E-state index contributed by atoms with van der Waals surface area (Å²) in [5, 5.41) is 0. The molecule has 1 aliphatic carbocycles. The lowest BCUT2D eigenvalue weighted by molar-refractivity contribution is 0.442. The molecule has 0 aromatic heterocycles. The molecule has 1 aromatic rings. The molecule has 76 valence electrons. The van der Waals surface area contributed by atoms with E-state index in [9.17, 15) is 0 Å². The van der Waals surface area contributed by atoms with Crippen molar-refractivity contribution in [1.29, 1.82) is 0 Å². The van der Waals surface area contributed by atoms with Crippen molar-refractivity contribution in [1.82, 2.24) is 0 Å². The predicted molar refractivity (Wildman–Crippen MR) is 61.4 cm³/mol. The van der Waals surface area contributed by atoms with Gasteiger partial charge in [-0.15, -0.1) is 0 Å². The Kier molecular flexibility index (Phi) is 2.76. The number of aryl methyl sites for hydroxylation is 1. The Labute approximate surface area is 86.3 Å². The van der Waals surface area contributed by atoms with E-state index >= 15 is 0 Å². The van der Waals surface area contributed by atoms with Crippen molar-refractivity contribution in [3.63, 3.8) is 0 Å². The van der Waals surface area contributed by atoms with Gasteiger partial charge in [-0.2, -0.15) is 0 Å². The van der Waals surface area contributed by atoms with Crippen LogP contribution in [0.1, 0.15) is 49.1 Å². The average Bonchev–Trinajstić information content (AvgIpc) is 2.23. The highest BCUT2D eigenvalue weighted by Gasteiger charge is 2.16. The monoisotopic (exact) mass is 189 g/mol. The highest BCUT2D eigenvalue weighted by Crippen LogP contribution is 2.34. The van der Waals surface area contributed by atoms with Crippen LogP contribution in [0, 0.1) is 6.92 Å². The fourth-order valence-electron chi connectivity index (χ4n) is 2.51. The first-order valence-corrected chi connectivity index (χ1v) is 5.63. The quantitative estimate of drug-likeness (QED) is 0.671. The third-order valence-corrected chi connectivity index (χ3v) is 3.35. The zero-order valence-electron chi connectivity index (χ0n) is 8.92. The van der Waals surface area contributed by atoms with Gasteiger partial charge in [0.15, 0.2) is 0 Å². The standard InChI is InChI=1S/C13H19N/c1-10-7-8-12(14)9-13(10)11-5-3-2-4-6-11/h7-9,11H,2-6,14H2,1H3. The average molecular weight is 189 g/mol. The molecule has 0 amide bonds. The number of hydrogen-bond donors (Lipinski definition) is 1. The molecule has 1 saturated carbocycles. The van der Waals surface area contributed by atoms with Crippen LogP contribution < -0.4 is 5.73 Å². The van der Waals surface area contributed by atoms with Gasteiger partial charge >= 0.3 is 0 Å². The van der Waals surface area contributed by atoms with Crippen LogP contribution in [0.15, 0.2) is 18.2 Å². The normalized spacial score (nSPS) is 18.4. The second-order valence-electron chi connectivity index (χ2n) is 4.45. The van der Waals surface area contributed by atoms with E-state index in [4.69, 9.17) is 5.73 Å². The van der Waals surface area contributed by atoms with E-state index in [1.807, 2.05) is 6.07 Å². The van der Waals surface area contributed by atoms with Crippen LogP contribution in [0.4, 0.5) is 5.69 Å². The van der Waals surface area contributed by atoms with Crippen LogP contribution in [0.25, 0.3) is 0 Å². The lowest BCUT2D eigenvalue weighted by Gasteiger charge is -2.23.